The van der Waals surface area contributed by atoms with Gasteiger partial charge in [-0.15, -0.1) is 0 Å². The van der Waals surface area contributed by atoms with Gasteiger partial charge in [-0.2, -0.15) is 26.3 Å². The molecule has 1 saturated heterocycles. The van der Waals surface area contributed by atoms with Crippen LogP contribution in [0, 0.1) is 0 Å². The van der Waals surface area contributed by atoms with Crippen molar-refractivity contribution >= 4 is 29.6 Å². The number of halogens is 6. The summed E-state index contributed by atoms with van der Waals surface area (Å²) in [4.78, 5) is 48.8. The molecule has 3 rings (SSSR count). The van der Waals surface area contributed by atoms with Gasteiger partial charge in [0.25, 0.3) is 5.60 Å². The van der Waals surface area contributed by atoms with Crippen LogP contribution >= 0.6 is 0 Å². The number of carbonyl (C=O) groups excluding carboxylic acids is 4. The number of esters is 4. The molecule has 1 aromatic rings. The summed E-state index contributed by atoms with van der Waals surface area (Å²) in [5.74, 6) is -3.43. The van der Waals surface area contributed by atoms with Crippen LogP contribution in [0.1, 0.15) is 38.8 Å². The van der Waals surface area contributed by atoms with Crippen molar-refractivity contribution in [1.82, 2.24) is 0 Å². The van der Waals surface area contributed by atoms with Gasteiger partial charge in [-0.3, -0.25) is 19.2 Å². The second kappa shape index (κ2) is 11.9. The van der Waals surface area contributed by atoms with E-state index in [4.69, 9.17) is 23.7 Å². The fraction of sp³-hybridized carbons (Fsp3) is 0.600. The molecular formula is C25H27F6NO10. The van der Waals surface area contributed by atoms with E-state index < -0.39 is 84.6 Å². The fourth-order valence-electron chi connectivity index (χ4n) is 4.86. The number of carbonyl (C=O) groups is 4. The third kappa shape index (κ3) is 6.56. The van der Waals surface area contributed by atoms with Gasteiger partial charge in [0.05, 0.1) is 0 Å². The van der Waals surface area contributed by atoms with E-state index in [0.717, 1.165) is 33.8 Å². The molecule has 2 heterocycles. The molecule has 0 radical (unpaired) electrons. The summed E-state index contributed by atoms with van der Waals surface area (Å²) in [6.07, 6.45) is -19.7. The normalized spacial score (nSPS) is 24.5. The third-order valence-corrected chi connectivity index (χ3v) is 6.52. The Balaban J connectivity index is 2.11. The van der Waals surface area contributed by atoms with Gasteiger partial charge in [-0.1, -0.05) is 12.1 Å². The monoisotopic (exact) mass is 615 g/mol. The minimum Gasteiger partial charge on any atom is -0.463 e. The maximum absolute atomic E-state index is 13.5. The van der Waals surface area contributed by atoms with Gasteiger partial charge >= 0.3 is 36.2 Å². The van der Waals surface area contributed by atoms with Crippen LogP contribution in [0.3, 0.4) is 0 Å². The molecule has 5 atom stereocenters. The van der Waals surface area contributed by atoms with E-state index in [1.54, 1.807) is 0 Å². The predicted molar refractivity (Wildman–Crippen MR) is 125 cm³/mol. The summed E-state index contributed by atoms with van der Waals surface area (Å²) in [7, 11) is 0. The van der Waals surface area contributed by atoms with Crippen molar-refractivity contribution in [2.24, 2.45) is 0 Å². The minimum atomic E-state index is -6.10. The molecule has 2 aliphatic heterocycles. The number of hydrogen-bond acceptors (Lipinski definition) is 11. The lowest BCUT2D eigenvalue weighted by atomic mass is 9.90. The Morgan fingerprint density at radius 2 is 1.38 bits per heavy atom. The fourth-order valence-corrected chi connectivity index (χ4v) is 4.86. The van der Waals surface area contributed by atoms with Crippen LogP contribution in [0.25, 0.3) is 0 Å². The zero-order chi connectivity index (χ0) is 31.8. The zero-order valence-electron chi connectivity index (χ0n) is 22.6. The number of rotatable bonds is 7. The first kappa shape index (κ1) is 32.9. The lowest BCUT2D eigenvalue weighted by Crippen LogP contribution is -2.66. The number of benzene rings is 1. The summed E-state index contributed by atoms with van der Waals surface area (Å²) < 4.78 is 108. The average molecular weight is 615 g/mol. The van der Waals surface area contributed by atoms with Crippen LogP contribution in [0.5, 0.6) is 0 Å². The molecule has 0 saturated carbocycles. The van der Waals surface area contributed by atoms with Gasteiger partial charge in [-0.25, -0.2) is 0 Å². The van der Waals surface area contributed by atoms with Gasteiger partial charge in [-0.05, 0) is 18.1 Å². The number of nitrogens with zero attached hydrogens (tertiary/aromatic N) is 1. The zero-order valence-corrected chi connectivity index (χ0v) is 22.6. The van der Waals surface area contributed by atoms with Crippen LogP contribution in [-0.2, 0) is 54.9 Å². The largest absolute Gasteiger partial charge is 0.463 e. The standard InChI is InChI=1S/C25H27F6NO10/c1-11(33)38-10-18-19(39-12(2)34)20(40-13(3)35)21(41-14(4)36)22(42-18)32-8-7-15-9-16(5-6-17(15)32)23(37,24(26,27)28)25(29,30)31/h5-6,9,18-22,37H,7-8,10H2,1-4H3/t18-,19+,20-,21-,22+/m0/s1. The summed E-state index contributed by atoms with van der Waals surface area (Å²) in [6, 6.07) is 1.90. The molecule has 1 N–H and O–H groups in total. The molecule has 1 fully saturated rings. The van der Waals surface area contributed by atoms with Crippen LogP contribution in [0.2, 0.25) is 0 Å². The topological polar surface area (TPSA) is 138 Å². The molecule has 1 aromatic carbocycles. The molecule has 17 heteroatoms. The van der Waals surface area contributed by atoms with Crippen molar-refractivity contribution in [2.45, 2.75) is 82.7 Å². The number of aliphatic hydroxyl groups is 1. The SMILES string of the molecule is CC(=O)OC[C@@H]1O[C@@H](N2CCc3cc(C(O)(C(F)(F)F)C(F)(F)F)ccc32)[C@@H](OC(C)=O)[C@@H](OC(C)=O)[C@@H]1OC(C)=O. The molecule has 0 unspecified atom stereocenters. The van der Waals surface area contributed by atoms with Gasteiger partial charge < -0.3 is 33.7 Å². The van der Waals surface area contributed by atoms with Crippen molar-refractivity contribution in [1.29, 1.82) is 0 Å². The molecule has 0 amide bonds. The predicted octanol–water partition coefficient (Wildman–Crippen LogP) is 2.44. The summed E-state index contributed by atoms with van der Waals surface area (Å²) >= 11 is 0. The summed E-state index contributed by atoms with van der Waals surface area (Å²) in [5, 5.41) is 9.82. The van der Waals surface area contributed by atoms with Crippen molar-refractivity contribution in [3.05, 3.63) is 29.3 Å². The first-order chi connectivity index (χ1) is 19.3. The molecule has 0 bridgehead atoms. The van der Waals surface area contributed by atoms with Crippen molar-refractivity contribution < 1.29 is 74.3 Å². The highest BCUT2D eigenvalue weighted by atomic mass is 19.4. The smallest absolute Gasteiger partial charge is 0.430 e. The van der Waals surface area contributed by atoms with Crippen LogP contribution in [0.4, 0.5) is 32.0 Å². The van der Waals surface area contributed by atoms with Gasteiger partial charge in [0.15, 0.2) is 24.5 Å². The van der Waals surface area contributed by atoms with Crippen LogP contribution < -0.4 is 4.90 Å². The maximum Gasteiger partial charge on any atom is 0.430 e. The number of hydrogen-bond donors (Lipinski definition) is 1. The van der Waals surface area contributed by atoms with Gasteiger partial charge in [0, 0.05) is 45.5 Å². The molecule has 0 aromatic heterocycles. The lowest BCUT2D eigenvalue weighted by Gasteiger charge is -2.47. The molecule has 11 nitrogen and oxygen atoms in total. The van der Waals surface area contributed by atoms with Gasteiger partial charge in [0.2, 0.25) is 0 Å². The van der Waals surface area contributed by atoms with Crippen molar-refractivity contribution in [3.8, 4) is 0 Å². The Morgan fingerprint density at radius 1 is 0.857 bits per heavy atom. The number of alkyl halides is 6. The second-order valence-corrected chi connectivity index (χ2v) is 9.58. The highest BCUT2D eigenvalue weighted by molar-refractivity contribution is 5.69. The van der Waals surface area contributed by atoms with Crippen LogP contribution in [0.15, 0.2) is 18.2 Å². The lowest BCUT2D eigenvalue weighted by molar-refractivity contribution is -0.376. The van der Waals surface area contributed by atoms with Gasteiger partial charge in [0.1, 0.15) is 12.7 Å². The minimum absolute atomic E-state index is 0.0475. The van der Waals surface area contributed by atoms with E-state index in [0.29, 0.717) is 12.1 Å². The van der Waals surface area contributed by atoms with Crippen molar-refractivity contribution in [3.63, 3.8) is 0 Å². The van der Waals surface area contributed by atoms with E-state index in [1.165, 1.54) is 4.90 Å². The number of fused-ring (bicyclic) bond motifs is 1. The summed E-state index contributed by atoms with van der Waals surface area (Å²) in [5.41, 5.74) is -6.63. The van der Waals surface area contributed by atoms with E-state index in [-0.39, 0.29) is 24.2 Å². The van der Waals surface area contributed by atoms with E-state index in [2.05, 4.69) is 0 Å². The third-order valence-electron chi connectivity index (χ3n) is 6.52. The number of anilines is 1. The Hall–Kier alpha value is -3.60. The highest BCUT2D eigenvalue weighted by Gasteiger charge is 2.71. The molecule has 0 spiro atoms. The molecule has 2 aliphatic rings. The van der Waals surface area contributed by atoms with E-state index >= 15 is 0 Å². The van der Waals surface area contributed by atoms with E-state index in [9.17, 15) is 50.6 Å². The summed E-state index contributed by atoms with van der Waals surface area (Å²) in [6.45, 7) is 3.46. The Morgan fingerprint density at radius 3 is 1.88 bits per heavy atom. The quantitative estimate of drug-likeness (QED) is 0.275. The first-order valence-electron chi connectivity index (χ1n) is 12.3. The molecule has 42 heavy (non-hydrogen) atoms. The highest BCUT2D eigenvalue weighted by Crippen LogP contribution is 2.51. The first-order valence-corrected chi connectivity index (χ1v) is 12.3. The average Bonchev–Trinajstić information content (AvgIpc) is 3.25. The Labute approximate surface area is 234 Å². The maximum atomic E-state index is 13.5. The molecular weight excluding hydrogens is 588 g/mol. The molecule has 234 valence electrons. The number of ether oxygens (including phenoxy) is 5. The Bertz CT molecular complexity index is 1210. The second-order valence-electron chi connectivity index (χ2n) is 9.58. The van der Waals surface area contributed by atoms with Crippen molar-refractivity contribution in [2.75, 3.05) is 18.1 Å². The van der Waals surface area contributed by atoms with Crippen LogP contribution in [-0.4, -0.2) is 85.1 Å². The van der Waals surface area contributed by atoms with E-state index in [1.807, 2.05) is 0 Å². The Kier molecular flexibility index (Phi) is 9.36. The molecule has 0 aliphatic carbocycles.